The van der Waals surface area contributed by atoms with Gasteiger partial charge in [-0.2, -0.15) is 13.2 Å². The van der Waals surface area contributed by atoms with Crippen LogP contribution in [0, 0.1) is 11.7 Å². The van der Waals surface area contributed by atoms with E-state index in [1.807, 2.05) is 0 Å². The molecule has 0 bridgehead atoms. The van der Waals surface area contributed by atoms with E-state index in [9.17, 15) is 31.2 Å². The van der Waals surface area contributed by atoms with Gasteiger partial charge in [-0.15, -0.1) is 0 Å². The molecule has 0 unspecified atom stereocenters. The van der Waals surface area contributed by atoms with Gasteiger partial charge < -0.3 is 10.6 Å². The molecule has 36 heavy (non-hydrogen) atoms. The van der Waals surface area contributed by atoms with Crippen LogP contribution in [0.2, 0.25) is 0 Å². The Labute approximate surface area is 206 Å². The maximum absolute atomic E-state index is 15.2. The number of hydrogen-bond acceptors (Lipinski definition) is 4. The van der Waals surface area contributed by atoms with Gasteiger partial charge in [-0.1, -0.05) is 19.1 Å². The first-order valence-electron chi connectivity index (χ1n) is 11.6. The molecule has 0 radical (unpaired) electrons. The number of halogens is 4. The van der Waals surface area contributed by atoms with Crippen molar-refractivity contribution in [3.8, 4) is 0 Å². The molecule has 1 aliphatic heterocycles. The number of sulfone groups is 1. The first-order valence-corrected chi connectivity index (χ1v) is 13.3. The van der Waals surface area contributed by atoms with E-state index in [2.05, 4.69) is 0 Å². The molecule has 2 atom stereocenters. The van der Waals surface area contributed by atoms with E-state index in [4.69, 9.17) is 5.73 Å². The summed E-state index contributed by atoms with van der Waals surface area (Å²) in [6.45, 7) is 1.58. The molecule has 6 nitrogen and oxygen atoms in total. The zero-order valence-electron chi connectivity index (χ0n) is 19.5. The first-order chi connectivity index (χ1) is 16.8. The quantitative estimate of drug-likeness (QED) is 0.545. The van der Waals surface area contributed by atoms with Gasteiger partial charge in [0.05, 0.1) is 16.2 Å². The lowest BCUT2D eigenvalue weighted by molar-refractivity contribution is -0.138. The molecule has 2 aliphatic rings. The van der Waals surface area contributed by atoms with Gasteiger partial charge in [-0.3, -0.25) is 9.59 Å². The van der Waals surface area contributed by atoms with Crippen LogP contribution in [0.5, 0.6) is 0 Å². The predicted octanol–water partition coefficient (Wildman–Crippen LogP) is 4.29. The van der Waals surface area contributed by atoms with E-state index >= 15 is 4.39 Å². The highest BCUT2D eigenvalue weighted by atomic mass is 32.2. The normalized spacial score (nSPS) is 21.4. The van der Waals surface area contributed by atoms with Crippen LogP contribution in [0.1, 0.15) is 60.0 Å². The first kappa shape index (κ1) is 26.1. The molecule has 1 heterocycles. The number of nitrogens with zero attached hydrogens (tertiary/aromatic N) is 1. The van der Waals surface area contributed by atoms with Crippen molar-refractivity contribution in [3.05, 3.63) is 65.0 Å². The third-order valence-electron chi connectivity index (χ3n) is 7.18. The molecular weight excluding hydrogens is 500 g/mol. The predicted molar refractivity (Wildman–Crippen MR) is 123 cm³/mol. The molecule has 1 saturated carbocycles. The second kappa shape index (κ2) is 9.17. The molecule has 2 amide bonds. The molecular formula is C25H26F4N2O4S. The Morgan fingerprint density at radius 2 is 1.86 bits per heavy atom. The third kappa shape index (κ3) is 4.49. The molecule has 2 N–H and O–H groups in total. The summed E-state index contributed by atoms with van der Waals surface area (Å²) in [5.74, 6) is -3.98. The Kier molecular flexibility index (Phi) is 6.65. The van der Waals surface area contributed by atoms with Crippen molar-refractivity contribution in [1.82, 2.24) is 4.90 Å². The maximum Gasteiger partial charge on any atom is 0.416 e. The average Bonchev–Trinajstić information content (AvgIpc) is 3.56. The number of primary amides is 1. The van der Waals surface area contributed by atoms with Crippen molar-refractivity contribution in [1.29, 1.82) is 0 Å². The van der Waals surface area contributed by atoms with Crippen LogP contribution in [0.3, 0.4) is 0 Å². The van der Waals surface area contributed by atoms with Gasteiger partial charge in [0.15, 0.2) is 9.84 Å². The van der Waals surface area contributed by atoms with Crippen LogP contribution in [-0.4, -0.2) is 43.0 Å². The molecule has 1 aliphatic carbocycles. The Morgan fingerprint density at radius 1 is 1.17 bits per heavy atom. The maximum atomic E-state index is 15.2. The largest absolute Gasteiger partial charge is 0.416 e. The van der Waals surface area contributed by atoms with Crippen molar-refractivity contribution in [2.75, 3.05) is 12.3 Å². The second-order valence-corrected chi connectivity index (χ2v) is 11.6. The minimum atomic E-state index is -4.74. The van der Waals surface area contributed by atoms with E-state index < -0.39 is 50.7 Å². The number of benzene rings is 2. The minimum absolute atomic E-state index is 0.0273. The highest BCUT2D eigenvalue weighted by Gasteiger charge is 2.59. The van der Waals surface area contributed by atoms with Crippen LogP contribution in [0.4, 0.5) is 17.6 Å². The Bertz CT molecular complexity index is 1310. The standard InChI is InChI=1S/C25H26F4N2O4S/c1-2-36(34,35)18-6-3-5-16(13-18)22(32)31-12-4-11-24(31,23(30)33)21(15-7-8-15)19-10-9-17(14-20(19)26)25(27,28)29/h3,5-6,9-10,13-15,21H,2,4,7-8,11-12H2,1H3,(H2,30,33)/t21-,24+/m1/s1. The smallest absolute Gasteiger partial charge is 0.368 e. The van der Waals surface area contributed by atoms with Gasteiger partial charge in [-0.05, 0) is 67.5 Å². The Morgan fingerprint density at radius 3 is 2.42 bits per heavy atom. The van der Waals surface area contributed by atoms with Crippen LogP contribution in [0.15, 0.2) is 47.4 Å². The second-order valence-electron chi connectivity index (χ2n) is 9.33. The number of alkyl halides is 3. The van der Waals surface area contributed by atoms with Crippen molar-refractivity contribution in [2.45, 2.75) is 55.1 Å². The van der Waals surface area contributed by atoms with Gasteiger partial charge in [0.25, 0.3) is 5.91 Å². The highest BCUT2D eigenvalue weighted by Crippen LogP contribution is 2.54. The lowest BCUT2D eigenvalue weighted by Crippen LogP contribution is -2.60. The number of carbonyl (C=O) groups excluding carboxylic acids is 2. The molecule has 2 aromatic carbocycles. The number of rotatable bonds is 7. The van der Waals surface area contributed by atoms with Gasteiger partial charge >= 0.3 is 6.18 Å². The highest BCUT2D eigenvalue weighted by molar-refractivity contribution is 7.91. The average molecular weight is 527 g/mol. The summed E-state index contributed by atoms with van der Waals surface area (Å²) in [5, 5.41) is 0. The number of amides is 2. The van der Waals surface area contributed by atoms with E-state index in [1.54, 1.807) is 0 Å². The molecule has 2 aromatic rings. The summed E-state index contributed by atoms with van der Waals surface area (Å²) >= 11 is 0. The van der Waals surface area contributed by atoms with E-state index in [1.165, 1.54) is 36.1 Å². The molecule has 11 heteroatoms. The van der Waals surface area contributed by atoms with Gasteiger partial charge in [0.2, 0.25) is 5.91 Å². The number of likely N-dealkylation sites (tertiary alicyclic amines) is 1. The van der Waals surface area contributed by atoms with Crippen molar-refractivity contribution >= 4 is 21.7 Å². The monoisotopic (exact) mass is 526 g/mol. The van der Waals surface area contributed by atoms with Crippen LogP contribution in [0.25, 0.3) is 0 Å². The number of nitrogens with two attached hydrogens (primary N) is 1. The number of hydrogen-bond donors (Lipinski definition) is 1. The summed E-state index contributed by atoms with van der Waals surface area (Å²) in [4.78, 5) is 27.9. The zero-order chi connectivity index (χ0) is 26.5. The summed E-state index contributed by atoms with van der Waals surface area (Å²) in [6.07, 6.45) is -3.05. The molecule has 2 fully saturated rings. The van der Waals surface area contributed by atoms with Crippen molar-refractivity contribution in [3.63, 3.8) is 0 Å². The SMILES string of the molecule is CCS(=O)(=O)c1cccc(C(=O)N2CCC[C@@]2(C(N)=O)[C@@H](c2ccc(C(F)(F)F)cc2F)C2CC2)c1. The van der Waals surface area contributed by atoms with E-state index in [0.29, 0.717) is 25.3 Å². The van der Waals surface area contributed by atoms with E-state index in [0.717, 1.165) is 12.1 Å². The van der Waals surface area contributed by atoms with E-state index in [-0.39, 0.29) is 40.7 Å². The van der Waals surface area contributed by atoms with Crippen molar-refractivity contribution < 1.29 is 35.6 Å². The minimum Gasteiger partial charge on any atom is -0.368 e. The topological polar surface area (TPSA) is 97.5 Å². The van der Waals surface area contributed by atoms with Gasteiger partial charge in [0, 0.05) is 18.0 Å². The third-order valence-corrected chi connectivity index (χ3v) is 8.92. The summed E-state index contributed by atoms with van der Waals surface area (Å²) < 4.78 is 79.2. The molecule has 0 aromatic heterocycles. The fraction of sp³-hybridized carbons (Fsp3) is 0.440. The molecule has 1 saturated heterocycles. The van der Waals surface area contributed by atoms with Gasteiger partial charge in [0.1, 0.15) is 11.4 Å². The lowest BCUT2D eigenvalue weighted by Gasteiger charge is -2.43. The Hall–Kier alpha value is -2.95. The Balaban J connectivity index is 1.81. The summed E-state index contributed by atoms with van der Waals surface area (Å²) in [7, 11) is -3.61. The van der Waals surface area contributed by atoms with Crippen LogP contribution in [-0.2, 0) is 20.8 Å². The zero-order valence-corrected chi connectivity index (χ0v) is 20.3. The van der Waals surface area contributed by atoms with Gasteiger partial charge in [-0.25, -0.2) is 12.8 Å². The summed E-state index contributed by atoms with van der Waals surface area (Å²) in [6, 6.07) is 7.64. The molecule has 0 spiro atoms. The van der Waals surface area contributed by atoms with Crippen LogP contribution >= 0.6 is 0 Å². The lowest BCUT2D eigenvalue weighted by atomic mass is 9.73. The van der Waals surface area contributed by atoms with Crippen molar-refractivity contribution in [2.24, 2.45) is 11.7 Å². The molecule has 194 valence electrons. The fourth-order valence-electron chi connectivity index (χ4n) is 5.29. The summed E-state index contributed by atoms with van der Waals surface area (Å²) in [5.41, 5.74) is 3.00. The number of carbonyl (C=O) groups is 2. The fourth-order valence-corrected chi connectivity index (χ4v) is 6.21. The molecule has 4 rings (SSSR count). The van der Waals surface area contributed by atoms with Crippen LogP contribution < -0.4 is 5.73 Å².